The van der Waals surface area contributed by atoms with Gasteiger partial charge in [-0.15, -0.1) is 0 Å². The highest BCUT2D eigenvalue weighted by atomic mass is 16.5. The fourth-order valence-corrected chi connectivity index (χ4v) is 2.50. The molecule has 1 aliphatic rings. The molecular formula is C16H18N2O3. The Kier molecular flexibility index (Phi) is 4.01. The summed E-state index contributed by atoms with van der Waals surface area (Å²) in [5.74, 6) is 1.39. The molecule has 5 nitrogen and oxygen atoms in total. The fourth-order valence-electron chi connectivity index (χ4n) is 2.50. The third kappa shape index (κ3) is 2.97. The summed E-state index contributed by atoms with van der Waals surface area (Å²) in [5, 5.41) is 0. The predicted molar refractivity (Wildman–Crippen MR) is 79.4 cm³/mol. The van der Waals surface area contributed by atoms with Crippen LogP contribution in [0.15, 0.2) is 29.1 Å². The van der Waals surface area contributed by atoms with Gasteiger partial charge < -0.3 is 14.5 Å². The normalized spacial score (nSPS) is 13.6. The minimum atomic E-state index is -0.178. The second-order valence-corrected chi connectivity index (χ2v) is 4.96. The average molecular weight is 286 g/mol. The summed E-state index contributed by atoms with van der Waals surface area (Å²) in [7, 11) is 0. The fraction of sp³-hybridized carbons (Fsp3) is 0.375. The zero-order chi connectivity index (χ0) is 14.7. The molecule has 0 saturated carbocycles. The lowest BCUT2D eigenvalue weighted by atomic mass is 10.0. The van der Waals surface area contributed by atoms with Crippen molar-refractivity contribution in [2.45, 2.75) is 26.4 Å². The van der Waals surface area contributed by atoms with E-state index in [1.807, 2.05) is 19.1 Å². The van der Waals surface area contributed by atoms with Gasteiger partial charge in [0.15, 0.2) is 0 Å². The Hall–Kier alpha value is -2.14. The molecule has 0 fully saturated rings. The molecule has 0 bridgehead atoms. The van der Waals surface area contributed by atoms with Crippen molar-refractivity contribution in [3.05, 3.63) is 46.0 Å². The number of fused-ring (bicyclic) bond motifs is 1. The number of nitrogens with one attached hydrogen (secondary N) is 1. The molecule has 0 spiro atoms. The Labute approximate surface area is 123 Å². The monoisotopic (exact) mass is 286 g/mol. The minimum absolute atomic E-state index is 0.178. The Morgan fingerprint density at radius 2 is 2.33 bits per heavy atom. The molecule has 1 N–H and O–H groups in total. The van der Waals surface area contributed by atoms with Crippen LogP contribution in [0.1, 0.15) is 24.7 Å². The molecule has 110 valence electrons. The third-order valence-corrected chi connectivity index (χ3v) is 3.44. The number of H-pyrrole nitrogens is 1. The number of nitrogens with zero attached hydrogens (tertiary/aromatic N) is 1. The number of ether oxygens (including phenoxy) is 2. The lowest BCUT2D eigenvalue weighted by Gasteiger charge is -2.20. The van der Waals surface area contributed by atoms with E-state index in [1.54, 1.807) is 0 Å². The van der Waals surface area contributed by atoms with Crippen molar-refractivity contribution in [1.29, 1.82) is 0 Å². The first-order valence-electron chi connectivity index (χ1n) is 7.21. The van der Waals surface area contributed by atoms with Crippen LogP contribution in [-0.2, 0) is 17.8 Å². The number of rotatable bonds is 4. The van der Waals surface area contributed by atoms with Crippen LogP contribution in [0.4, 0.5) is 0 Å². The number of aromatic nitrogens is 2. The van der Waals surface area contributed by atoms with Crippen LogP contribution in [0.3, 0.4) is 0 Å². The second-order valence-electron chi connectivity index (χ2n) is 4.96. The summed E-state index contributed by atoms with van der Waals surface area (Å²) in [6, 6.07) is 7.49. The molecule has 3 rings (SSSR count). The molecule has 0 aliphatic carbocycles. The van der Waals surface area contributed by atoms with Crippen molar-refractivity contribution in [3.63, 3.8) is 0 Å². The van der Waals surface area contributed by atoms with E-state index in [9.17, 15) is 4.79 Å². The van der Waals surface area contributed by atoms with Crippen molar-refractivity contribution in [2.75, 3.05) is 13.2 Å². The van der Waals surface area contributed by atoms with Crippen LogP contribution < -0.4 is 10.3 Å². The summed E-state index contributed by atoms with van der Waals surface area (Å²) in [6.07, 6.45) is 2.02. The summed E-state index contributed by atoms with van der Waals surface area (Å²) in [6.45, 7) is 3.50. The van der Waals surface area contributed by atoms with E-state index in [0.29, 0.717) is 31.3 Å². The summed E-state index contributed by atoms with van der Waals surface area (Å²) in [5.41, 5.74) is 2.50. The van der Waals surface area contributed by atoms with Gasteiger partial charge in [-0.25, -0.2) is 4.98 Å². The maximum absolute atomic E-state index is 11.8. The predicted octanol–water partition coefficient (Wildman–Crippen LogP) is 2.30. The Morgan fingerprint density at radius 1 is 1.43 bits per heavy atom. The van der Waals surface area contributed by atoms with Gasteiger partial charge in [0.05, 0.1) is 12.3 Å². The van der Waals surface area contributed by atoms with Gasteiger partial charge in [0.25, 0.3) is 5.56 Å². The van der Waals surface area contributed by atoms with E-state index in [-0.39, 0.29) is 5.56 Å². The molecule has 0 amide bonds. The lowest BCUT2D eigenvalue weighted by molar-refractivity contribution is 0.128. The van der Waals surface area contributed by atoms with Crippen LogP contribution in [0.5, 0.6) is 5.75 Å². The van der Waals surface area contributed by atoms with E-state index >= 15 is 0 Å². The van der Waals surface area contributed by atoms with Gasteiger partial charge >= 0.3 is 0 Å². The zero-order valence-electron chi connectivity index (χ0n) is 12.0. The van der Waals surface area contributed by atoms with E-state index in [1.165, 1.54) is 11.6 Å². The molecule has 0 radical (unpaired) electrons. The lowest BCUT2D eigenvalue weighted by Crippen LogP contribution is -2.14. The van der Waals surface area contributed by atoms with Gasteiger partial charge in [-0.05, 0) is 31.4 Å². The highest BCUT2D eigenvalue weighted by molar-refractivity contribution is 5.69. The van der Waals surface area contributed by atoms with Crippen molar-refractivity contribution in [2.24, 2.45) is 0 Å². The van der Waals surface area contributed by atoms with E-state index in [2.05, 4.69) is 16.0 Å². The minimum Gasteiger partial charge on any atom is -0.493 e. The van der Waals surface area contributed by atoms with Gasteiger partial charge in [0, 0.05) is 18.2 Å². The molecule has 0 atom stereocenters. The maximum atomic E-state index is 11.8. The first-order valence-corrected chi connectivity index (χ1v) is 7.21. The van der Waals surface area contributed by atoms with Gasteiger partial charge in [0.1, 0.15) is 18.2 Å². The van der Waals surface area contributed by atoms with Gasteiger partial charge in [0.2, 0.25) is 0 Å². The summed E-state index contributed by atoms with van der Waals surface area (Å²) < 4.78 is 11.1. The van der Waals surface area contributed by atoms with Crippen LogP contribution in [0, 0.1) is 0 Å². The summed E-state index contributed by atoms with van der Waals surface area (Å²) in [4.78, 5) is 19.0. The number of benzene rings is 1. The highest BCUT2D eigenvalue weighted by Gasteiger charge is 2.17. The number of para-hydroxylation sites is 1. The molecule has 5 heteroatoms. The summed E-state index contributed by atoms with van der Waals surface area (Å²) >= 11 is 0. The molecule has 1 aromatic carbocycles. The second kappa shape index (κ2) is 6.10. The molecule has 1 aliphatic heterocycles. The van der Waals surface area contributed by atoms with Gasteiger partial charge in [-0.2, -0.15) is 0 Å². The molecule has 2 aromatic rings. The van der Waals surface area contributed by atoms with E-state index in [4.69, 9.17) is 9.47 Å². The van der Waals surface area contributed by atoms with Crippen LogP contribution >= 0.6 is 0 Å². The van der Waals surface area contributed by atoms with Crippen molar-refractivity contribution >= 4 is 0 Å². The van der Waals surface area contributed by atoms with Gasteiger partial charge in [-0.1, -0.05) is 12.1 Å². The average Bonchev–Trinajstić information content (AvgIpc) is 2.52. The van der Waals surface area contributed by atoms with Crippen LogP contribution in [-0.4, -0.2) is 23.2 Å². The topological polar surface area (TPSA) is 64.2 Å². The first kappa shape index (κ1) is 13.8. The highest BCUT2D eigenvalue weighted by Crippen LogP contribution is 2.34. The van der Waals surface area contributed by atoms with Gasteiger partial charge in [-0.3, -0.25) is 4.79 Å². The van der Waals surface area contributed by atoms with E-state index in [0.717, 1.165) is 24.2 Å². The molecule has 0 unspecified atom stereocenters. The van der Waals surface area contributed by atoms with Crippen molar-refractivity contribution < 1.29 is 9.47 Å². The van der Waals surface area contributed by atoms with Crippen LogP contribution in [0.2, 0.25) is 0 Å². The largest absolute Gasteiger partial charge is 0.493 e. The van der Waals surface area contributed by atoms with Crippen molar-refractivity contribution in [3.8, 4) is 17.0 Å². The zero-order valence-corrected chi connectivity index (χ0v) is 12.0. The van der Waals surface area contributed by atoms with Crippen molar-refractivity contribution in [1.82, 2.24) is 9.97 Å². The molecule has 1 aromatic heterocycles. The van der Waals surface area contributed by atoms with Crippen LogP contribution in [0.25, 0.3) is 11.3 Å². The molecule has 2 heterocycles. The molecule has 21 heavy (non-hydrogen) atoms. The molecular weight excluding hydrogens is 268 g/mol. The SMILES string of the molecule is CCOCc1nc(-c2cccc3c2OCCC3)cc(=O)[nH]1. The standard InChI is InChI=1S/C16H18N2O3/c1-2-20-10-14-17-13(9-15(19)18-14)12-7-3-5-11-6-4-8-21-16(11)12/h3,5,7,9H,2,4,6,8,10H2,1H3,(H,17,18,19). The van der Waals surface area contributed by atoms with E-state index < -0.39 is 0 Å². The number of hydrogen-bond donors (Lipinski definition) is 1. The molecule has 0 saturated heterocycles. The Balaban J connectivity index is 2.04. The number of aryl methyl sites for hydroxylation is 1. The number of aromatic amines is 1. The maximum Gasteiger partial charge on any atom is 0.251 e. The Bertz CT molecular complexity index is 694. The third-order valence-electron chi connectivity index (χ3n) is 3.44. The smallest absolute Gasteiger partial charge is 0.251 e. The Morgan fingerprint density at radius 3 is 3.19 bits per heavy atom. The number of hydrogen-bond acceptors (Lipinski definition) is 4. The quantitative estimate of drug-likeness (QED) is 0.936. The first-order chi connectivity index (χ1) is 10.3.